The average Bonchev–Trinajstić information content (AvgIpc) is 2.91. The molecule has 0 aliphatic heterocycles. The Morgan fingerprint density at radius 1 is 0.929 bits per heavy atom. The standard InChI is InChI=1S/C20H24N6O2/c1-13-10-21-11-16(23-13)18(28)26-20-6-3-5-19(12-20,7-8-20)25-17(27)15-4-9-22-14(2)24-15/h4,9-11H,3,5-8,12H2,1-2H3,(H,25,27)(H,26,28)/t19-,20-/m0/s1. The fourth-order valence-corrected chi connectivity index (χ4v) is 4.60. The Kier molecular flexibility index (Phi) is 4.56. The molecule has 8 heteroatoms. The van der Waals surface area contributed by atoms with Gasteiger partial charge in [0.15, 0.2) is 0 Å². The Morgan fingerprint density at radius 3 is 2.25 bits per heavy atom. The fourth-order valence-electron chi connectivity index (χ4n) is 4.60. The lowest BCUT2D eigenvalue weighted by Crippen LogP contribution is -2.55. The van der Waals surface area contributed by atoms with Crippen molar-refractivity contribution in [1.29, 1.82) is 0 Å². The van der Waals surface area contributed by atoms with Gasteiger partial charge < -0.3 is 10.6 Å². The van der Waals surface area contributed by atoms with Gasteiger partial charge in [-0.15, -0.1) is 0 Å². The molecule has 8 nitrogen and oxygen atoms in total. The van der Waals surface area contributed by atoms with E-state index in [0.29, 0.717) is 22.9 Å². The number of amides is 2. The van der Waals surface area contributed by atoms with Crippen molar-refractivity contribution in [3.05, 3.63) is 47.6 Å². The normalized spacial score (nSPS) is 25.9. The zero-order valence-corrected chi connectivity index (χ0v) is 16.2. The molecule has 2 aliphatic carbocycles. The lowest BCUT2D eigenvalue weighted by Gasteiger charge is -2.40. The molecular formula is C20H24N6O2. The van der Waals surface area contributed by atoms with Crippen LogP contribution in [0.15, 0.2) is 24.7 Å². The molecule has 2 N–H and O–H groups in total. The molecule has 2 saturated carbocycles. The van der Waals surface area contributed by atoms with Crippen molar-refractivity contribution in [2.24, 2.45) is 0 Å². The summed E-state index contributed by atoms with van der Waals surface area (Å²) in [6, 6.07) is 1.63. The van der Waals surface area contributed by atoms with Crippen LogP contribution < -0.4 is 10.6 Å². The minimum atomic E-state index is -0.310. The highest BCUT2D eigenvalue weighted by molar-refractivity contribution is 5.93. The number of hydrogen-bond donors (Lipinski definition) is 2. The van der Waals surface area contributed by atoms with E-state index < -0.39 is 0 Å². The van der Waals surface area contributed by atoms with Crippen molar-refractivity contribution in [1.82, 2.24) is 30.6 Å². The first-order valence-electron chi connectivity index (χ1n) is 9.62. The molecule has 2 atom stereocenters. The minimum Gasteiger partial charge on any atom is -0.345 e. The summed E-state index contributed by atoms with van der Waals surface area (Å²) in [5.74, 6) is 0.187. The van der Waals surface area contributed by atoms with Crippen molar-refractivity contribution in [3.63, 3.8) is 0 Å². The molecule has 0 saturated heterocycles. The van der Waals surface area contributed by atoms with Crippen LogP contribution >= 0.6 is 0 Å². The third-order valence-corrected chi connectivity index (χ3v) is 5.82. The zero-order valence-electron chi connectivity index (χ0n) is 16.2. The van der Waals surface area contributed by atoms with Crippen molar-refractivity contribution < 1.29 is 9.59 Å². The van der Waals surface area contributed by atoms with Gasteiger partial charge in [0.25, 0.3) is 11.8 Å². The fraction of sp³-hybridized carbons (Fsp3) is 0.500. The number of carbonyl (C=O) groups excluding carboxylic acids is 2. The van der Waals surface area contributed by atoms with E-state index in [1.807, 2.05) is 6.92 Å². The number of rotatable bonds is 4. The number of carbonyl (C=O) groups is 2. The van der Waals surface area contributed by atoms with Gasteiger partial charge in [0.2, 0.25) is 0 Å². The molecule has 146 valence electrons. The van der Waals surface area contributed by atoms with E-state index in [0.717, 1.165) is 38.5 Å². The van der Waals surface area contributed by atoms with Crippen molar-refractivity contribution in [2.75, 3.05) is 0 Å². The second-order valence-corrected chi connectivity index (χ2v) is 8.03. The summed E-state index contributed by atoms with van der Waals surface area (Å²) >= 11 is 0. The van der Waals surface area contributed by atoms with E-state index in [1.54, 1.807) is 25.4 Å². The topological polar surface area (TPSA) is 110 Å². The Bertz CT molecular complexity index is 859. The van der Waals surface area contributed by atoms with Crippen LogP contribution in [0.3, 0.4) is 0 Å². The molecule has 2 bridgehead atoms. The van der Waals surface area contributed by atoms with Crippen LogP contribution in [0.5, 0.6) is 0 Å². The summed E-state index contributed by atoms with van der Waals surface area (Å²) in [6.07, 6.45) is 9.86. The first-order chi connectivity index (χ1) is 13.4. The molecular weight excluding hydrogens is 356 g/mol. The van der Waals surface area contributed by atoms with Crippen molar-refractivity contribution >= 4 is 11.8 Å². The highest BCUT2D eigenvalue weighted by Gasteiger charge is 2.52. The number of nitrogens with one attached hydrogen (secondary N) is 2. The van der Waals surface area contributed by atoms with E-state index in [-0.39, 0.29) is 22.9 Å². The maximum Gasteiger partial charge on any atom is 0.271 e. The van der Waals surface area contributed by atoms with E-state index in [1.165, 1.54) is 6.20 Å². The maximum atomic E-state index is 12.7. The molecule has 2 aliphatic rings. The van der Waals surface area contributed by atoms with Crippen LogP contribution in [0.25, 0.3) is 0 Å². The smallest absolute Gasteiger partial charge is 0.271 e. The quantitative estimate of drug-likeness (QED) is 0.838. The van der Waals surface area contributed by atoms with Crippen LogP contribution in [0.2, 0.25) is 0 Å². The molecule has 2 heterocycles. The Morgan fingerprint density at radius 2 is 1.61 bits per heavy atom. The predicted molar refractivity (Wildman–Crippen MR) is 102 cm³/mol. The van der Waals surface area contributed by atoms with Gasteiger partial charge in [0.05, 0.1) is 11.9 Å². The minimum absolute atomic E-state index is 0.181. The monoisotopic (exact) mass is 380 g/mol. The summed E-state index contributed by atoms with van der Waals surface area (Å²) in [7, 11) is 0. The van der Waals surface area contributed by atoms with Gasteiger partial charge >= 0.3 is 0 Å². The number of aryl methyl sites for hydroxylation is 2. The lowest BCUT2D eigenvalue weighted by atomic mass is 9.78. The Labute approximate surface area is 163 Å². The molecule has 0 spiro atoms. The van der Waals surface area contributed by atoms with E-state index in [9.17, 15) is 9.59 Å². The summed E-state index contributed by atoms with van der Waals surface area (Å²) < 4.78 is 0. The molecule has 2 aromatic heterocycles. The SMILES string of the molecule is Cc1cncc(C(=O)N[C@@]23CCC[C@](NC(=O)c4ccnc(C)n4)(CC2)C3)n1. The van der Waals surface area contributed by atoms with E-state index >= 15 is 0 Å². The molecule has 0 radical (unpaired) electrons. The summed E-state index contributed by atoms with van der Waals surface area (Å²) in [4.78, 5) is 42.0. The number of aromatic nitrogens is 4. The summed E-state index contributed by atoms with van der Waals surface area (Å²) in [5.41, 5.74) is 0.805. The van der Waals surface area contributed by atoms with Gasteiger partial charge in [-0.1, -0.05) is 0 Å². The molecule has 2 aromatic rings. The van der Waals surface area contributed by atoms with Crippen molar-refractivity contribution in [3.8, 4) is 0 Å². The van der Waals surface area contributed by atoms with Crippen LogP contribution in [0.1, 0.15) is 71.0 Å². The van der Waals surface area contributed by atoms with Crippen LogP contribution in [-0.2, 0) is 0 Å². The third-order valence-electron chi connectivity index (χ3n) is 5.82. The van der Waals surface area contributed by atoms with E-state index in [4.69, 9.17) is 0 Å². The van der Waals surface area contributed by atoms with E-state index in [2.05, 4.69) is 30.6 Å². The molecule has 2 amide bonds. The molecule has 28 heavy (non-hydrogen) atoms. The average molecular weight is 380 g/mol. The number of hydrogen-bond acceptors (Lipinski definition) is 6. The second kappa shape index (κ2) is 6.92. The van der Waals surface area contributed by atoms with Gasteiger partial charge in [0.1, 0.15) is 17.2 Å². The Balaban J connectivity index is 1.48. The molecule has 4 rings (SSSR count). The molecule has 0 aromatic carbocycles. The molecule has 2 fully saturated rings. The Hall–Kier alpha value is -2.90. The van der Waals surface area contributed by atoms with Gasteiger partial charge in [-0.05, 0) is 58.4 Å². The first kappa shape index (κ1) is 18.5. The third kappa shape index (κ3) is 3.58. The van der Waals surface area contributed by atoms with Crippen LogP contribution in [-0.4, -0.2) is 42.8 Å². The molecule has 0 unspecified atom stereocenters. The van der Waals surface area contributed by atoms with Crippen LogP contribution in [0.4, 0.5) is 0 Å². The van der Waals surface area contributed by atoms with Gasteiger partial charge in [0, 0.05) is 23.5 Å². The van der Waals surface area contributed by atoms with Gasteiger partial charge in [-0.2, -0.15) is 0 Å². The predicted octanol–water partition coefficient (Wildman–Crippen LogP) is 1.89. The number of fused-ring (bicyclic) bond motifs is 2. The lowest BCUT2D eigenvalue weighted by molar-refractivity contribution is 0.0826. The maximum absolute atomic E-state index is 12.7. The zero-order chi connectivity index (χ0) is 19.8. The second-order valence-electron chi connectivity index (χ2n) is 8.03. The highest BCUT2D eigenvalue weighted by atomic mass is 16.2. The van der Waals surface area contributed by atoms with Crippen LogP contribution in [0, 0.1) is 13.8 Å². The van der Waals surface area contributed by atoms with Gasteiger partial charge in [-0.25, -0.2) is 15.0 Å². The summed E-state index contributed by atoms with van der Waals surface area (Å²) in [6.45, 7) is 3.58. The highest BCUT2D eigenvalue weighted by Crippen LogP contribution is 2.48. The summed E-state index contributed by atoms with van der Waals surface area (Å²) in [5, 5.41) is 6.40. The van der Waals surface area contributed by atoms with Gasteiger partial charge in [-0.3, -0.25) is 14.6 Å². The van der Waals surface area contributed by atoms with Crippen molar-refractivity contribution in [2.45, 2.75) is 63.5 Å². The number of nitrogens with zero attached hydrogens (tertiary/aromatic N) is 4. The largest absolute Gasteiger partial charge is 0.345 e. The first-order valence-corrected chi connectivity index (χ1v) is 9.62.